The molecule has 68 valence electrons. The van der Waals surface area contributed by atoms with Crippen molar-refractivity contribution in [3.05, 3.63) is 5.53 Å². The van der Waals surface area contributed by atoms with Gasteiger partial charge in [-0.2, -0.15) is 4.79 Å². The first-order valence-electron chi connectivity index (χ1n) is 3.46. The van der Waals surface area contributed by atoms with E-state index in [1.54, 1.807) is 0 Å². The first-order valence-corrected chi connectivity index (χ1v) is 3.46. The molecule has 0 fully saturated rings. The van der Waals surface area contributed by atoms with E-state index in [0.717, 1.165) is 11.8 Å². The first-order chi connectivity index (χ1) is 6.04. The molecule has 0 heterocycles. The van der Waals surface area contributed by atoms with Gasteiger partial charge in [-0.05, 0) is 0 Å². The van der Waals surface area contributed by atoms with Crippen LogP contribution in [0.25, 0.3) is 5.53 Å². The van der Waals surface area contributed by atoms with E-state index in [0.29, 0.717) is 0 Å². The molecule has 0 unspecified atom stereocenters. The van der Waals surface area contributed by atoms with Gasteiger partial charge in [0.15, 0.2) is 0 Å². The summed E-state index contributed by atoms with van der Waals surface area (Å²) >= 11 is 0. The molecule has 0 aliphatic carbocycles. The highest BCUT2D eigenvalue weighted by Gasteiger charge is 2.28. The van der Waals surface area contributed by atoms with Gasteiger partial charge in [0.2, 0.25) is 5.78 Å². The van der Waals surface area contributed by atoms with Gasteiger partial charge in [0.1, 0.15) is 0 Å². The SMILES string of the molecule is C#CCN(C)C(=O)C(=[N+]=[N-])C(C)=O. The van der Waals surface area contributed by atoms with Gasteiger partial charge in [-0.1, -0.05) is 5.92 Å². The molecule has 0 rings (SSSR count). The molecule has 1 amide bonds. The van der Waals surface area contributed by atoms with Gasteiger partial charge in [-0.25, -0.2) is 0 Å². The van der Waals surface area contributed by atoms with E-state index in [1.807, 2.05) is 0 Å². The average molecular weight is 179 g/mol. The molecule has 0 bridgehead atoms. The topological polar surface area (TPSA) is 73.8 Å². The van der Waals surface area contributed by atoms with Gasteiger partial charge < -0.3 is 10.4 Å². The van der Waals surface area contributed by atoms with E-state index in [4.69, 9.17) is 12.0 Å². The summed E-state index contributed by atoms with van der Waals surface area (Å²) in [6, 6.07) is 0. The fourth-order valence-corrected chi connectivity index (χ4v) is 0.653. The molecule has 0 N–H and O–H groups in total. The summed E-state index contributed by atoms with van der Waals surface area (Å²) in [5.74, 6) is 0.936. The Hall–Kier alpha value is -1.92. The van der Waals surface area contributed by atoms with Crippen molar-refractivity contribution in [3.63, 3.8) is 0 Å². The van der Waals surface area contributed by atoms with Gasteiger partial charge in [-0.3, -0.25) is 9.59 Å². The molecule has 13 heavy (non-hydrogen) atoms. The van der Waals surface area contributed by atoms with Crippen LogP contribution in [0.3, 0.4) is 0 Å². The van der Waals surface area contributed by atoms with Crippen LogP contribution in [0.2, 0.25) is 0 Å². The second-order valence-electron chi connectivity index (χ2n) is 2.37. The number of nitrogens with zero attached hydrogens (tertiary/aromatic N) is 3. The molecule has 0 aromatic carbocycles. The largest absolute Gasteiger partial charge is 0.421 e. The van der Waals surface area contributed by atoms with Crippen molar-refractivity contribution in [3.8, 4) is 12.3 Å². The number of carbonyl (C=O) groups is 2. The number of terminal acetylenes is 1. The molecule has 5 heteroatoms. The number of hydrogen-bond acceptors (Lipinski definition) is 2. The van der Waals surface area contributed by atoms with Gasteiger partial charge in [-0.15, -0.1) is 6.42 Å². The number of hydrogen-bond donors (Lipinski definition) is 0. The lowest BCUT2D eigenvalue weighted by molar-refractivity contribution is -0.130. The number of Topliss-reactive ketones (excluding diaryl/α,β-unsaturated/α-hetero) is 1. The summed E-state index contributed by atoms with van der Waals surface area (Å²) < 4.78 is 0. The highest BCUT2D eigenvalue weighted by atomic mass is 16.2. The highest BCUT2D eigenvalue weighted by molar-refractivity contribution is 6.63. The fourth-order valence-electron chi connectivity index (χ4n) is 0.653. The predicted octanol–water partition coefficient (Wildman–Crippen LogP) is -0.662. The predicted molar refractivity (Wildman–Crippen MR) is 45.8 cm³/mol. The Balaban J connectivity index is 4.70. The number of amides is 1. The summed E-state index contributed by atoms with van der Waals surface area (Å²) in [5.41, 5.74) is 7.84. The van der Waals surface area contributed by atoms with Gasteiger partial charge >= 0.3 is 11.6 Å². The Morgan fingerprint density at radius 1 is 1.62 bits per heavy atom. The van der Waals surface area contributed by atoms with Crippen LogP contribution < -0.4 is 0 Å². The number of ketones is 1. The lowest BCUT2D eigenvalue weighted by Gasteiger charge is -2.08. The van der Waals surface area contributed by atoms with Crippen LogP contribution in [0.5, 0.6) is 0 Å². The number of carbonyl (C=O) groups excluding carboxylic acids is 2. The summed E-state index contributed by atoms with van der Waals surface area (Å²) in [6.07, 6.45) is 4.95. The molecule has 5 nitrogen and oxygen atoms in total. The van der Waals surface area contributed by atoms with Gasteiger partial charge in [0.05, 0.1) is 6.54 Å². The Labute approximate surface area is 76.0 Å². The molecule has 0 radical (unpaired) electrons. The van der Waals surface area contributed by atoms with Crippen LogP contribution >= 0.6 is 0 Å². The van der Waals surface area contributed by atoms with Crippen molar-refractivity contribution >= 4 is 17.4 Å². The maximum absolute atomic E-state index is 11.2. The minimum atomic E-state index is -0.687. The smallest absolute Gasteiger partial charge is 0.360 e. The lowest BCUT2D eigenvalue weighted by atomic mass is 10.2. The van der Waals surface area contributed by atoms with Crippen LogP contribution in [0.15, 0.2) is 0 Å². The highest BCUT2D eigenvalue weighted by Crippen LogP contribution is 1.87. The third-order valence-electron chi connectivity index (χ3n) is 1.31. The van der Waals surface area contributed by atoms with Crippen molar-refractivity contribution in [1.29, 1.82) is 0 Å². The van der Waals surface area contributed by atoms with Crippen LogP contribution in [0.1, 0.15) is 6.92 Å². The minimum absolute atomic E-state index is 0.0606. The molecular formula is C8H9N3O2. The molecule has 0 aromatic heterocycles. The fraction of sp³-hybridized carbons (Fsp3) is 0.375. The monoisotopic (exact) mass is 179 g/mol. The molecule has 0 spiro atoms. The van der Waals surface area contributed by atoms with E-state index < -0.39 is 17.4 Å². The zero-order valence-corrected chi connectivity index (χ0v) is 7.44. The third kappa shape index (κ3) is 2.89. The Morgan fingerprint density at radius 3 is 2.46 bits per heavy atom. The molecule has 0 saturated carbocycles. The zero-order valence-electron chi connectivity index (χ0n) is 7.44. The van der Waals surface area contributed by atoms with Crippen molar-refractivity contribution in [2.45, 2.75) is 6.92 Å². The van der Waals surface area contributed by atoms with Crippen molar-refractivity contribution in [1.82, 2.24) is 4.90 Å². The maximum Gasteiger partial charge on any atom is 0.421 e. The first kappa shape index (κ1) is 11.1. The van der Waals surface area contributed by atoms with Crippen LogP contribution in [-0.2, 0) is 9.59 Å². The van der Waals surface area contributed by atoms with E-state index >= 15 is 0 Å². The van der Waals surface area contributed by atoms with E-state index in [2.05, 4.69) is 10.7 Å². The Kier molecular flexibility index (Phi) is 4.14. The molecular weight excluding hydrogens is 170 g/mol. The summed E-state index contributed by atoms with van der Waals surface area (Å²) in [6.45, 7) is 1.20. The Morgan fingerprint density at radius 2 is 2.15 bits per heavy atom. The van der Waals surface area contributed by atoms with E-state index in [9.17, 15) is 9.59 Å². The quantitative estimate of drug-likeness (QED) is 0.189. The van der Waals surface area contributed by atoms with Crippen LogP contribution in [-0.4, -0.2) is 40.7 Å². The zero-order chi connectivity index (χ0) is 10.4. The van der Waals surface area contributed by atoms with Crippen molar-refractivity contribution < 1.29 is 14.4 Å². The summed E-state index contributed by atoms with van der Waals surface area (Å²) in [7, 11) is 1.41. The molecule has 0 saturated heterocycles. The second-order valence-corrected chi connectivity index (χ2v) is 2.37. The van der Waals surface area contributed by atoms with E-state index in [-0.39, 0.29) is 6.54 Å². The van der Waals surface area contributed by atoms with Crippen molar-refractivity contribution in [2.24, 2.45) is 0 Å². The maximum atomic E-state index is 11.2. The van der Waals surface area contributed by atoms with Gasteiger partial charge in [0, 0.05) is 14.0 Å². The molecule has 0 aliphatic heterocycles. The average Bonchev–Trinajstić information content (AvgIpc) is 2.05. The minimum Gasteiger partial charge on any atom is -0.360 e. The number of rotatable bonds is 3. The second kappa shape index (κ2) is 4.86. The Bertz CT molecular complexity index is 321. The van der Waals surface area contributed by atoms with Gasteiger partial charge in [0.25, 0.3) is 0 Å². The molecule has 0 atom stereocenters. The normalized spacial score (nSPS) is 8.08. The van der Waals surface area contributed by atoms with E-state index in [1.165, 1.54) is 7.05 Å². The van der Waals surface area contributed by atoms with Crippen molar-refractivity contribution in [2.75, 3.05) is 13.6 Å². The van der Waals surface area contributed by atoms with Crippen LogP contribution in [0, 0.1) is 12.3 Å². The molecule has 0 aromatic rings. The standard InChI is InChI=1S/C8H9N3O2/c1-4-5-11(3)8(13)7(10-9)6(2)12/h1H,5H2,2-3H3. The third-order valence-corrected chi connectivity index (χ3v) is 1.31. The van der Waals surface area contributed by atoms with Crippen LogP contribution in [0.4, 0.5) is 0 Å². The molecule has 0 aliphatic rings. The lowest BCUT2D eigenvalue weighted by Crippen LogP contribution is -2.37. The summed E-state index contributed by atoms with van der Waals surface area (Å²) in [4.78, 5) is 25.7. The summed E-state index contributed by atoms with van der Waals surface area (Å²) in [5, 5.41) is 0.